The predicted octanol–water partition coefficient (Wildman–Crippen LogP) is 6.62. The van der Waals surface area contributed by atoms with Gasteiger partial charge in [-0.3, -0.25) is 0 Å². The highest BCUT2D eigenvalue weighted by molar-refractivity contribution is 5.67. The van der Waals surface area contributed by atoms with E-state index in [0.717, 1.165) is 24.0 Å². The van der Waals surface area contributed by atoms with Crippen LogP contribution < -0.4 is 5.32 Å². The maximum absolute atomic E-state index is 14.9. The van der Waals surface area contributed by atoms with Crippen LogP contribution in [-0.2, 0) is 6.42 Å². The molecule has 1 N–H and O–H groups in total. The Kier molecular flexibility index (Phi) is 7.05. The Morgan fingerprint density at radius 2 is 1.85 bits per heavy atom. The Balaban J connectivity index is 1.54. The fourth-order valence-electron chi connectivity index (χ4n) is 4.67. The third kappa shape index (κ3) is 4.91. The molecule has 0 aliphatic heterocycles. The second-order valence-electron chi connectivity index (χ2n) is 8.80. The highest BCUT2D eigenvalue weighted by Gasteiger charge is 2.32. The summed E-state index contributed by atoms with van der Waals surface area (Å²) in [5, 5.41) is 2.82. The quantitative estimate of drug-likeness (QED) is 0.396. The highest BCUT2D eigenvalue weighted by atomic mass is 19.1. The fourth-order valence-corrected chi connectivity index (χ4v) is 4.67. The molecule has 5 heteroatoms. The van der Waals surface area contributed by atoms with Gasteiger partial charge in [-0.1, -0.05) is 49.0 Å². The SMILES string of the molecule is CCCC1=Cc2c(cc(F)c(C#Cc3ccc(C4C=C(F)C(CNC)C(F)C4)cc3)c2F)C1. The molecule has 2 aromatic rings. The maximum Gasteiger partial charge on any atom is 0.149 e. The molecular formula is C28H27F4N. The lowest BCUT2D eigenvalue weighted by atomic mass is 9.82. The van der Waals surface area contributed by atoms with Gasteiger partial charge in [-0.05, 0) is 61.7 Å². The first kappa shape index (κ1) is 23.3. The molecule has 3 atom stereocenters. The van der Waals surface area contributed by atoms with Crippen molar-refractivity contribution in [2.24, 2.45) is 5.92 Å². The molecule has 0 spiro atoms. The van der Waals surface area contributed by atoms with Gasteiger partial charge in [0.2, 0.25) is 0 Å². The molecule has 172 valence electrons. The van der Waals surface area contributed by atoms with Crippen LogP contribution >= 0.6 is 0 Å². The molecule has 4 rings (SSSR count). The first-order valence-electron chi connectivity index (χ1n) is 11.4. The van der Waals surface area contributed by atoms with Crippen molar-refractivity contribution in [1.82, 2.24) is 5.32 Å². The second kappa shape index (κ2) is 9.97. The lowest BCUT2D eigenvalue weighted by molar-refractivity contribution is 0.194. The van der Waals surface area contributed by atoms with Crippen LogP contribution in [0.15, 0.2) is 47.8 Å². The third-order valence-electron chi connectivity index (χ3n) is 6.40. The lowest BCUT2D eigenvalue weighted by Gasteiger charge is -2.28. The molecule has 0 saturated heterocycles. The van der Waals surface area contributed by atoms with E-state index in [4.69, 9.17) is 0 Å². The minimum absolute atomic E-state index is 0.212. The first-order valence-corrected chi connectivity index (χ1v) is 11.4. The van der Waals surface area contributed by atoms with E-state index in [-0.39, 0.29) is 24.4 Å². The number of halogens is 4. The zero-order valence-electron chi connectivity index (χ0n) is 18.8. The van der Waals surface area contributed by atoms with E-state index in [1.807, 2.05) is 6.08 Å². The van der Waals surface area contributed by atoms with E-state index in [2.05, 4.69) is 24.1 Å². The fraction of sp³-hybridized carbons (Fsp3) is 0.357. The van der Waals surface area contributed by atoms with Crippen LogP contribution in [0.4, 0.5) is 17.6 Å². The Morgan fingerprint density at radius 1 is 1.09 bits per heavy atom. The number of rotatable bonds is 5. The van der Waals surface area contributed by atoms with Gasteiger partial charge in [-0.25, -0.2) is 17.6 Å². The van der Waals surface area contributed by atoms with Gasteiger partial charge in [0.25, 0.3) is 0 Å². The summed E-state index contributed by atoms with van der Waals surface area (Å²) in [5.41, 5.74) is 3.32. The van der Waals surface area contributed by atoms with Gasteiger partial charge >= 0.3 is 0 Å². The summed E-state index contributed by atoms with van der Waals surface area (Å²) in [6.07, 6.45) is 4.64. The number of nitrogens with one attached hydrogen (secondary N) is 1. The van der Waals surface area contributed by atoms with Crippen molar-refractivity contribution in [3.63, 3.8) is 0 Å². The number of benzene rings is 2. The van der Waals surface area contributed by atoms with Gasteiger partial charge in [0, 0.05) is 23.6 Å². The van der Waals surface area contributed by atoms with Crippen molar-refractivity contribution in [2.75, 3.05) is 13.6 Å². The summed E-state index contributed by atoms with van der Waals surface area (Å²) in [6.45, 7) is 2.32. The normalized spacial score (nSPS) is 21.7. The average molecular weight is 454 g/mol. The molecule has 0 radical (unpaired) electrons. The standard InChI is InChI=1S/C28H27F4N/c1-3-4-18-11-21-15-25(29)22(28(32)23(21)12-18)10-7-17-5-8-19(9-6-17)20-13-26(30)24(16-33-2)27(31)14-20/h5-6,8-9,12-13,15,20,24,27,33H,3-4,11,14,16H2,1-2H3. The van der Waals surface area contributed by atoms with Crippen molar-refractivity contribution in [1.29, 1.82) is 0 Å². The summed E-state index contributed by atoms with van der Waals surface area (Å²) in [5.74, 6) is 2.64. The van der Waals surface area contributed by atoms with Crippen molar-refractivity contribution in [2.45, 2.75) is 44.7 Å². The summed E-state index contributed by atoms with van der Waals surface area (Å²) >= 11 is 0. The molecule has 0 bridgehead atoms. The van der Waals surface area contributed by atoms with Gasteiger partial charge in [0.1, 0.15) is 23.6 Å². The molecular weight excluding hydrogens is 426 g/mol. The van der Waals surface area contributed by atoms with Gasteiger partial charge in [0.05, 0.1) is 11.5 Å². The van der Waals surface area contributed by atoms with Crippen LogP contribution in [0.1, 0.15) is 59.9 Å². The molecule has 1 nitrogen and oxygen atoms in total. The Bertz CT molecular complexity index is 1150. The molecule has 0 saturated carbocycles. The number of fused-ring (bicyclic) bond motifs is 1. The van der Waals surface area contributed by atoms with E-state index >= 15 is 0 Å². The largest absolute Gasteiger partial charge is 0.319 e. The molecule has 2 aliphatic carbocycles. The Morgan fingerprint density at radius 3 is 2.52 bits per heavy atom. The highest BCUT2D eigenvalue weighted by Crippen LogP contribution is 2.37. The second-order valence-corrected chi connectivity index (χ2v) is 8.80. The van der Waals surface area contributed by atoms with Crippen molar-refractivity contribution in [3.05, 3.63) is 87.3 Å². The van der Waals surface area contributed by atoms with E-state index in [1.54, 1.807) is 31.3 Å². The molecule has 33 heavy (non-hydrogen) atoms. The van der Waals surface area contributed by atoms with Gasteiger partial charge < -0.3 is 5.32 Å². The van der Waals surface area contributed by atoms with E-state index in [1.165, 1.54) is 12.1 Å². The summed E-state index contributed by atoms with van der Waals surface area (Å²) in [6, 6.07) is 8.33. The number of alkyl halides is 1. The zero-order chi connectivity index (χ0) is 23.5. The van der Waals surface area contributed by atoms with Crippen LogP contribution in [0.2, 0.25) is 0 Å². The van der Waals surface area contributed by atoms with Crippen LogP contribution in [0, 0.1) is 29.4 Å². The van der Waals surface area contributed by atoms with E-state index in [9.17, 15) is 17.6 Å². The number of hydrogen-bond donors (Lipinski definition) is 1. The smallest absolute Gasteiger partial charge is 0.149 e. The molecule has 2 aliphatic rings. The number of allylic oxidation sites excluding steroid dienone is 2. The Hall–Kier alpha value is -2.84. The molecule has 3 unspecified atom stereocenters. The molecule has 2 aromatic carbocycles. The van der Waals surface area contributed by atoms with Crippen molar-refractivity contribution < 1.29 is 17.6 Å². The van der Waals surface area contributed by atoms with Crippen LogP contribution in [-0.4, -0.2) is 19.8 Å². The van der Waals surface area contributed by atoms with E-state index in [0.29, 0.717) is 23.1 Å². The summed E-state index contributed by atoms with van der Waals surface area (Å²) in [4.78, 5) is 0. The minimum Gasteiger partial charge on any atom is -0.319 e. The average Bonchev–Trinajstić information content (AvgIpc) is 3.19. The van der Waals surface area contributed by atoms with Crippen molar-refractivity contribution >= 4 is 6.08 Å². The summed E-state index contributed by atoms with van der Waals surface area (Å²) < 4.78 is 58.2. The topological polar surface area (TPSA) is 12.0 Å². The molecule has 0 aromatic heterocycles. The van der Waals surface area contributed by atoms with Gasteiger partial charge in [-0.15, -0.1) is 0 Å². The third-order valence-corrected chi connectivity index (χ3v) is 6.40. The first-order chi connectivity index (χ1) is 15.9. The Labute approximate surface area is 192 Å². The van der Waals surface area contributed by atoms with Crippen LogP contribution in [0.25, 0.3) is 6.08 Å². The van der Waals surface area contributed by atoms with Crippen molar-refractivity contribution in [3.8, 4) is 11.8 Å². The molecule has 0 heterocycles. The van der Waals surface area contributed by atoms with E-state index < -0.39 is 29.6 Å². The molecule has 0 amide bonds. The van der Waals surface area contributed by atoms with Crippen LogP contribution in [0.3, 0.4) is 0 Å². The van der Waals surface area contributed by atoms with Gasteiger partial charge in [0.15, 0.2) is 0 Å². The lowest BCUT2D eigenvalue weighted by Crippen LogP contribution is -2.31. The predicted molar refractivity (Wildman–Crippen MR) is 124 cm³/mol. The zero-order valence-corrected chi connectivity index (χ0v) is 18.8. The molecule has 0 fully saturated rings. The summed E-state index contributed by atoms with van der Waals surface area (Å²) in [7, 11) is 1.67. The number of hydrogen-bond acceptors (Lipinski definition) is 1. The van der Waals surface area contributed by atoms with Gasteiger partial charge in [-0.2, -0.15) is 0 Å². The monoisotopic (exact) mass is 453 g/mol. The maximum atomic E-state index is 14.9. The minimum atomic E-state index is -1.26. The van der Waals surface area contributed by atoms with Crippen LogP contribution in [0.5, 0.6) is 0 Å².